The third-order valence-electron chi connectivity index (χ3n) is 5.94. The van der Waals surface area contributed by atoms with Crippen LogP contribution < -0.4 is 15.0 Å². The van der Waals surface area contributed by atoms with E-state index in [1.165, 1.54) is 4.80 Å². The standard InChI is InChI=1S/C24H33N7O2/c1-23(2)12-18(13-24(3,4)29-23)30(5)22-15-25-20(14-26-22)19-8-7-17(31-27-9-10-28-31)11-21(19)33-16-32-6/h7-11,14-15,18,29H,12-13,16H2,1-6H3. The van der Waals surface area contributed by atoms with Crippen LogP contribution in [0.25, 0.3) is 16.9 Å². The molecule has 0 saturated carbocycles. The van der Waals surface area contributed by atoms with E-state index in [1.807, 2.05) is 24.4 Å². The summed E-state index contributed by atoms with van der Waals surface area (Å²) < 4.78 is 10.9. The molecule has 9 nitrogen and oxygen atoms in total. The largest absolute Gasteiger partial charge is 0.467 e. The van der Waals surface area contributed by atoms with Crippen LogP contribution in [0.1, 0.15) is 40.5 Å². The SMILES string of the molecule is COCOc1cc(-n2nccn2)ccc1-c1cnc(N(C)C2CC(C)(C)NC(C)(C)C2)cn1. The smallest absolute Gasteiger partial charge is 0.188 e. The molecule has 3 aromatic rings. The van der Waals surface area contributed by atoms with Crippen LogP contribution >= 0.6 is 0 Å². The van der Waals surface area contributed by atoms with Crippen LogP contribution in [0.15, 0.2) is 43.0 Å². The Morgan fingerprint density at radius 2 is 1.76 bits per heavy atom. The zero-order valence-corrected chi connectivity index (χ0v) is 20.2. The van der Waals surface area contributed by atoms with Crippen molar-refractivity contribution < 1.29 is 9.47 Å². The summed E-state index contributed by atoms with van der Waals surface area (Å²) in [5.41, 5.74) is 2.47. The van der Waals surface area contributed by atoms with E-state index in [0.29, 0.717) is 11.8 Å². The number of piperidine rings is 1. The molecule has 2 aromatic heterocycles. The van der Waals surface area contributed by atoms with E-state index in [0.717, 1.165) is 35.6 Å². The average molecular weight is 452 g/mol. The van der Waals surface area contributed by atoms with E-state index in [9.17, 15) is 0 Å². The van der Waals surface area contributed by atoms with Gasteiger partial charge in [-0.25, -0.2) is 4.98 Å². The minimum Gasteiger partial charge on any atom is -0.467 e. The molecule has 33 heavy (non-hydrogen) atoms. The molecular formula is C24H33N7O2. The van der Waals surface area contributed by atoms with E-state index in [1.54, 1.807) is 25.7 Å². The Bertz CT molecular complexity index is 1050. The lowest BCUT2D eigenvalue weighted by Crippen LogP contribution is -2.62. The fourth-order valence-electron chi connectivity index (χ4n) is 4.81. The molecule has 0 bridgehead atoms. The number of nitrogens with one attached hydrogen (secondary N) is 1. The molecule has 0 amide bonds. The maximum Gasteiger partial charge on any atom is 0.188 e. The van der Waals surface area contributed by atoms with Crippen LogP contribution in [0.2, 0.25) is 0 Å². The van der Waals surface area contributed by atoms with Gasteiger partial charge in [-0.05, 0) is 52.7 Å². The first-order valence-corrected chi connectivity index (χ1v) is 11.1. The molecule has 9 heteroatoms. The molecule has 0 spiro atoms. The summed E-state index contributed by atoms with van der Waals surface area (Å²) >= 11 is 0. The maximum absolute atomic E-state index is 5.82. The Morgan fingerprint density at radius 3 is 2.36 bits per heavy atom. The molecular weight excluding hydrogens is 418 g/mol. The predicted octanol–water partition coefficient (Wildman–Crippen LogP) is 3.45. The van der Waals surface area contributed by atoms with Crippen LogP contribution in [0.4, 0.5) is 5.82 Å². The number of ether oxygens (including phenoxy) is 2. The van der Waals surface area contributed by atoms with E-state index in [2.05, 4.69) is 55.2 Å². The minimum absolute atomic E-state index is 0.0623. The van der Waals surface area contributed by atoms with Crippen molar-refractivity contribution >= 4 is 5.82 Å². The molecule has 1 aliphatic heterocycles. The highest BCUT2D eigenvalue weighted by Gasteiger charge is 2.39. The summed E-state index contributed by atoms with van der Waals surface area (Å²) in [6, 6.07) is 6.11. The van der Waals surface area contributed by atoms with Crippen LogP contribution in [0.5, 0.6) is 5.75 Å². The second kappa shape index (κ2) is 9.07. The number of aromatic nitrogens is 5. The molecule has 1 N–H and O–H groups in total. The van der Waals surface area contributed by atoms with Gasteiger partial charge >= 0.3 is 0 Å². The summed E-state index contributed by atoms with van der Waals surface area (Å²) in [6.07, 6.45) is 8.97. The van der Waals surface area contributed by atoms with Gasteiger partial charge in [-0.15, -0.1) is 0 Å². The van der Waals surface area contributed by atoms with Gasteiger partial charge in [0.1, 0.15) is 11.6 Å². The molecule has 0 aliphatic carbocycles. The van der Waals surface area contributed by atoms with Crippen molar-refractivity contribution in [3.05, 3.63) is 43.0 Å². The highest BCUT2D eigenvalue weighted by molar-refractivity contribution is 5.69. The topological polar surface area (TPSA) is 90.2 Å². The van der Waals surface area contributed by atoms with Crippen LogP contribution in [-0.4, -0.2) is 63.0 Å². The van der Waals surface area contributed by atoms with Crippen molar-refractivity contribution in [2.45, 2.75) is 57.7 Å². The first-order chi connectivity index (χ1) is 15.7. The fourth-order valence-corrected chi connectivity index (χ4v) is 4.81. The van der Waals surface area contributed by atoms with Gasteiger partial charge < -0.3 is 19.7 Å². The third-order valence-corrected chi connectivity index (χ3v) is 5.94. The van der Waals surface area contributed by atoms with Crippen LogP contribution in [0.3, 0.4) is 0 Å². The Hall–Kier alpha value is -3.04. The zero-order chi connectivity index (χ0) is 23.6. The molecule has 3 heterocycles. The van der Waals surface area contributed by atoms with Crippen molar-refractivity contribution in [1.82, 2.24) is 30.3 Å². The van der Waals surface area contributed by atoms with Crippen molar-refractivity contribution in [3.63, 3.8) is 0 Å². The number of hydrogen-bond acceptors (Lipinski definition) is 8. The Labute approximate surface area is 195 Å². The highest BCUT2D eigenvalue weighted by Crippen LogP contribution is 2.34. The van der Waals surface area contributed by atoms with Gasteiger partial charge in [0.2, 0.25) is 0 Å². The molecule has 1 fully saturated rings. The lowest BCUT2D eigenvalue weighted by molar-refractivity contribution is 0.0515. The van der Waals surface area contributed by atoms with Gasteiger partial charge in [-0.1, -0.05) is 0 Å². The van der Waals surface area contributed by atoms with Gasteiger partial charge in [0.25, 0.3) is 0 Å². The number of rotatable bonds is 7. The lowest BCUT2D eigenvalue weighted by Gasteiger charge is -2.49. The molecule has 1 aromatic carbocycles. The minimum atomic E-state index is 0.0623. The van der Waals surface area contributed by atoms with Crippen LogP contribution in [-0.2, 0) is 4.74 Å². The van der Waals surface area contributed by atoms with Gasteiger partial charge in [0.15, 0.2) is 6.79 Å². The zero-order valence-electron chi connectivity index (χ0n) is 20.2. The molecule has 176 valence electrons. The van der Waals surface area contributed by atoms with Crippen molar-refractivity contribution in [2.75, 3.05) is 25.9 Å². The Morgan fingerprint density at radius 1 is 1.06 bits per heavy atom. The molecule has 1 aliphatic rings. The number of nitrogens with zero attached hydrogens (tertiary/aromatic N) is 6. The third kappa shape index (κ3) is 5.31. The van der Waals surface area contributed by atoms with Gasteiger partial charge in [-0.3, -0.25) is 4.98 Å². The number of benzene rings is 1. The van der Waals surface area contributed by atoms with E-state index in [-0.39, 0.29) is 17.9 Å². The van der Waals surface area contributed by atoms with E-state index < -0.39 is 0 Å². The normalized spacial score (nSPS) is 17.6. The average Bonchev–Trinajstić information content (AvgIpc) is 3.30. The summed E-state index contributed by atoms with van der Waals surface area (Å²) in [4.78, 5) is 13.2. The molecule has 0 atom stereocenters. The number of hydrogen-bond donors (Lipinski definition) is 1. The predicted molar refractivity (Wildman–Crippen MR) is 128 cm³/mol. The lowest BCUT2D eigenvalue weighted by atomic mass is 9.79. The van der Waals surface area contributed by atoms with Gasteiger partial charge in [-0.2, -0.15) is 15.0 Å². The summed E-state index contributed by atoms with van der Waals surface area (Å²) in [6.45, 7) is 9.15. The number of anilines is 1. The second-order valence-electron chi connectivity index (χ2n) is 9.88. The maximum atomic E-state index is 5.82. The molecule has 4 rings (SSSR count). The van der Waals surface area contributed by atoms with E-state index >= 15 is 0 Å². The van der Waals surface area contributed by atoms with E-state index in [4.69, 9.17) is 19.4 Å². The first kappa shape index (κ1) is 23.1. The molecule has 1 saturated heterocycles. The van der Waals surface area contributed by atoms with Crippen molar-refractivity contribution in [1.29, 1.82) is 0 Å². The summed E-state index contributed by atoms with van der Waals surface area (Å²) in [5.74, 6) is 1.48. The quantitative estimate of drug-likeness (QED) is 0.546. The van der Waals surface area contributed by atoms with Gasteiger partial charge in [0.05, 0.1) is 36.2 Å². The molecule has 0 unspecified atom stereocenters. The second-order valence-corrected chi connectivity index (χ2v) is 9.88. The molecule has 0 radical (unpaired) electrons. The monoisotopic (exact) mass is 451 g/mol. The highest BCUT2D eigenvalue weighted by atomic mass is 16.7. The fraction of sp³-hybridized carbons (Fsp3) is 0.500. The summed E-state index contributed by atoms with van der Waals surface area (Å²) in [7, 11) is 3.69. The van der Waals surface area contributed by atoms with Crippen molar-refractivity contribution in [3.8, 4) is 22.7 Å². The Kier molecular flexibility index (Phi) is 6.36. The summed E-state index contributed by atoms with van der Waals surface area (Å²) in [5, 5.41) is 12.1. The number of methoxy groups -OCH3 is 1. The first-order valence-electron chi connectivity index (χ1n) is 11.1. The van der Waals surface area contributed by atoms with Crippen molar-refractivity contribution in [2.24, 2.45) is 0 Å². The Balaban J connectivity index is 1.58. The van der Waals surface area contributed by atoms with Gasteiger partial charge in [0, 0.05) is 42.9 Å². The van der Waals surface area contributed by atoms with Crippen LogP contribution in [0, 0.1) is 0 Å².